The van der Waals surface area contributed by atoms with E-state index in [-0.39, 0.29) is 29.1 Å². The summed E-state index contributed by atoms with van der Waals surface area (Å²) in [6.45, 7) is 4.55. The van der Waals surface area contributed by atoms with Crippen molar-refractivity contribution < 1.29 is 27.5 Å². The topological polar surface area (TPSA) is 149 Å². The van der Waals surface area contributed by atoms with Gasteiger partial charge in [0.1, 0.15) is 23.8 Å². The van der Waals surface area contributed by atoms with Crippen LogP contribution in [0.4, 0.5) is 11.4 Å². The molecule has 15 heteroatoms. The Kier molecular flexibility index (Phi) is 11.4. The average molecular weight is 790 g/mol. The van der Waals surface area contributed by atoms with Gasteiger partial charge in [0.2, 0.25) is 15.9 Å². The third-order valence-corrected chi connectivity index (χ3v) is 11.9. The van der Waals surface area contributed by atoms with Crippen LogP contribution in [-0.2, 0) is 21.4 Å². The number of pyridine rings is 1. The second-order valence-corrected chi connectivity index (χ2v) is 15.4. The quantitative estimate of drug-likeness (QED) is 0.102. The first-order valence-electron chi connectivity index (χ1n) is 17.8. The van der Waals surface area contributed by atoms with Crippen molar-refractivity contribution in [3.05, 3.63) is 133 Å². The minimum absolute atomic E-state index is 0.000866. The van der Waals surface area contributed by atoms with E-state index in [1.807, 2.05) is 69.9 Å². The number of rotatable bonds is 15. The first-order valence-corrected chi connectivity index (χ1v) is 20.2. The number of thioether (sulfide) groups is 1. The van der Waals surface area contributed by atoms with Gasteiger partial charge in [-0.15, -0.1) is 0 Å². The predicted octanol–water partition coefficient (Wildman–Crippen LogP) is 7.27. The third kappa shape index (κ3) is 8.24. The summed E-state index contributed by atoms with van der Waals surface area (Å²) in [5, 5.41) is 6.25. The van der Waals surface area contributed by atoms with Gasteiger partial charge in [-0.05, 0) is 78.9 Å². The Bertz CT molecular complexity index is 2600. The van der Waals surface area contributed by atoms with Crippen LogP contribution in [0.5, 0.6) is 11.5 Å². The van der Waals surface area contributed by atoms with E-state index in [0.29, 0.717) is 63.4 Å². The number of anilines is 2. The molecule has 3 heterocycles. The minimum Gasteiger partial charge on any atom is -0.495 e. The van der Waals surface area contributed by atoms with Crippen molar-refractivity contribution in [2.45, 2.75) is 30.5 Å². The van der Waals surface area contributed by atoms with Crippen molar-refractivity contribution in [2.75, 3.05) is 36.6 Å². The van der Waals surface area contributed by atoms with Crippen molar-refractivity contribution in [1.82, 2.24) is 23.2 Å². The van der Waals surface area contributed by atoms with Crippen molar-refractivity contribution in [2.24, 2.45) is 0 Å². The average Bonchev–Trinajstić information content (AvgIpc) is 3.80. The van der Waals surface area contributed by atoms with Crippen LogP contribution in [0.15, 0.2) is 132 Å². The van der Waals surface area contributed by atoms with Crippen LogP contribution in [0.2, 0.25) is 0 Å². The van der Waals surface area contributed by atoms with Gasteiger partial charge >= 0.3 is 0 Å². The lowest BCUT2D eigenvalue weighted by atomic mass is 10.2. The van der Waals surface area contributed by atoms with Gasteiger partial charge in [0.05, 0.1) is 40.2 Å². The van der Waals surface area contributed by atoms with Crippen molar-refractivity contribution in [1.29, 1.82) is 0 Å². The maximum Gasteiger partial charge on any atom is 0.255 e. The lowest BCUT2D eigenvalue weighted by Crippen LogP contribution is -2.30. The standard InChI is InChI=1S/C41H39N7O6S2/c1-4-47(5-2)56(51,52)33-20-21-35-34(24-33)45-41(48(35)36-13-6-7-14-37(36)53-3)55-27-39(49)43-29-18-16-28(17-19-29)40(50)44-30-11-10-12-32(23-30)54-26-31-25-46-22-9-8-15-38(46)42-31/h6-25H,4-5,26-27H2,1-3H3,(H,43,49)(H,44,50). The molecule has 56 heavy (non-hydrogen) atoms. The number of amides is 2. The molecule has 7 rings (SSSR count). The number of carbonyl (C=O) groups excluding carboxylic acids is 2. The second-order valence-electron chi connectivity index (χ2n) is 12.5. The summed E-state index contributed by atoms with van der Waals surface area (Å²) in [7, 11) is -2.15. The molecule has 0 saturated carbocycles. The van der Waals surface area contributed by atoms with Crippen LogP contribution in [0.1, 0.15) is 29.9 Å². The molecule has 0 spiro atoms. The molecular formula is C41H39N7O6S2. The number of carbonyl (C=O) groups is 2. The fourth-order valence-corrected chi connectivity index (χ4v) is 8.47. The number of nitrogens with zero attached hydrogens (tertiary/aromatic N) is 5. The Hall–Kier alpha value is -6.16. The number of hydrogen-bond donors (Lipinski definition) is 2. The van der Waals surface area contributed by atoms with Crippen LogP contribution < -0.4 is 20.1 Å². The highest BCUT2D eigenvalue weighted by Crippen LogP contribution is 2.34. The Morgan fingerprint density at radius 2 is 1.62 bits per heavy atom. The number of methoxy groups -OCH3 is 1. The molecule has 0 radical (unpaired) electrons. The molecule has 0 bridgehead atoms. The first-order chi connectivity index (χ1) is 27.2. The monoisotopic (exact) mass is 789 g/mol. The summed E-state index contributed by atoms with van der Waals surface area (Å²) in [6.07, 6.45) is 3.83. The molecule has 0 fully saturated rings. The normalized spacial score (nSPS) is 11.6. The number of ether oxygens (including phenoxy) is 2. The van der Waals surface area contributed by atoms with Crippen molar-refractivity contribution >= 4 is 61.7 Å². The van der Waals surface area contributed by atoms with Gasteiger partial charge in [-0.25, -0.2) is 18.4 Å². The van der Waals surface area contributed by atoms with Gasteiger partial charge in [0, 0.05) is 48.5 Å². The van der Waals surface area contributed by atoms with Crippen LogP contribution in [0.3, 0.4) is 0 Å². The zero-order chi connectivity index (χ0) is 39.2. The fourth-order valence-electron chi connectivity index (χ4n) is 6.17. The number of benzene rings is 4. The molecule has 0 aliphatic heterocycles. The van der Waals surface area contributed by atoms with Crippen LogP contribution in [0, 0.1) is 0 Å². The van der Waals surface area contributed by atoms with E-state index in [9.17, 15) is 18.0 Å². The number of para-hydroxylation sites is 2. The molecule has 0 aliphatic rings. The number of fused-ring (bicyclic) bond motifs is 2. The molecule has 286 valence electrons. The molecule has 0 aliphatic carbocycles. The largest absolute Gasteiger partial charge is 0.495 e. The molecule has 0 saturated heterocycles. The van der Waals surface area contributed by atoms with E-state index in [1.54, 1.807) is 81.6 Å². The second kappa shape index (κ2) is 16.7. The van der Waals surface area contributed by atoms with E-state index < -0.39 is 10.0 Å². The highest BCUT2D eigenvalue weighted by atomic mass is 32.2. The summed E-state index contributed by atoms with van der Waals surface area (Å²) in [5.74, 6) is 0.557. The molecule has 4 aromatic carbocycles. The zero-order valence-electron chi connectivity index (χ0n) is 30.9. The number of hydrogen-bond acceptors (Lipinski definition) is 9. The molecule has 13 nitrogen and oxygen atoms in total. The smallest absolute Gasteiger partial charge is 0.255 e. The Labute approximate surface area is 328 Å². The SMILES string of the molecule is CCN(CC)S(=O)(=O)c1ccc2c(c1)nc(SCC(=O)Nc1ccc(C(=O)Nc3cccc(OCc4cn5ccccc5n4)c3)cc1)n2-c1ccccc1OC. The summed E-state index contributed by atoms with van der Waals surface area (Å²) in [6, 6.07) is 31.8. The maximum absolute atomic E-state index is 13.3. The molecular weight excluding hydrogens is 751 g/mol. The van der Waals surface area contributed by atoms with Gasteiger partial charge < -0.3 is 24.5 Å². The van der Waals surface area contributed by atoms with Crippen molar-refractivity contribution in [3.8, 4) is 17.2 Å². The fraction of sp³-hybridized carbons (Fsp3) is 0.171. The van der Waals surface area contributed by atoms with Crippen LogP contribution in [0.25, 0.3) is 22.4 Å². The van der Waals surface area contributed by atoms with E-state index in [0.717, 1.165) is 11.3 Å². The number of sulfonamides is 1. The van der Waals surface area contributed by atoms with E-state index >= 15 is 0 Å². The molecule has 7 aromatic rings. The summed E-state index contributed by atoms with van der Waals surface area (Å²) < 4.78 is 43.4. The molecule has 2 N–H and O–H groups in total. The molecule has 2 amide bonds. The number of nitrogens with one attached hydrogen (secondary N) is 2. The lowest BCUT2D eigenvalue weighted by Gasteiger charge is -2.18. The van der Waals surface area contributed by atoms with Gasteiger partial charge in [-0.3, -0.25) is 14.2 Å². The van der Waals surface area contributed by atoms with Crippen LogP contribution in [-0.4, -0.2) is 69.4 Å². The van der Waals surface area contributed by atoms with Crippen molar-refractivity contribution in [3.63, 3.8) is 0 Å². The van der Waals surface area contributed by atoms with Gasteiger partial charge in [-0.1, -0.05) is 49.9 Å². The Morgan fingerprint density at radius 3 is 2.39 bits per heavy atom. The zero-order valence-corrected chi connectivity index (χ0v) is 32.5. The highest BCUT2D eigenvalue weighted by Gasteiger charge is 2.24. The molecule has 3 aromatic heterocycles. The minimum atomic E-state index is -3.72. The van der Waals surface area contributed by atoms with Crippen LogP contribution >= 0.6 is 11.8 Å². The highest BCUT2D eigenvalue weighted by molar-refractivity contribution is 7.99. The van der Waals surface area contributed by atoms with Gasteiger partial charge in [0.15, 0.2) is 5.16 Å². The first kappa shape index (κ1) is 38.1. The van der Waals surface area contributed by atoms with E-state index in [4.69, 9.17) is 14.5 Å². The van der Waals surface area contributed by atoms with Gasteiger partial charge in [-0.2, -0.15) is 4.31 Å². The molecule has 0 unspecified atom stereocenters. The lowest BCUT2D eigenvalue weighted by molar-refractivity contribution is -0.113. The van der Waals surface area contributed by atoms with Gasteiger partial charge in [0.25, 0.3) is 5.91 Å². The predicted molar refractivity (Wildman–Crippen MR) is 217 cm³/mol. The maximum atomic E-state index is 13.3. The van der Waals surface area contributed by atoms with E-state index in [2.05, 4.69) is 15.6 Å². The number of aromatic nitrogens is 4. The Balaban J connectivity index is 1.00. The number of imidazole rings is 2. The summed E-state index contributed by atoms with van der Waals surface area (Å²) in [4.78, 5) is 35.8. The third-order valence-electron chi connectivity index (χ3n) is 8.92. The summed E-state index contributed by atoms with van der Waals surface area (Å²) >= 11 is 1.20. The Morgan fingerprint density at radius 1 is 0.839 bits per heavy atom. The summed E-state index contributed by atoms with van der Waals surface area (Å²) in [5.41, 5.74) is 4.91. The molecule has 0 atom stereocenters. The van der Waals surface area contributed by atoms with E-state index in [1.165, 1.54) is 16.1 Å².